The molecule has 2 rings (SSSR count). The smallest absolute Gasteiger partial charge is 0.236 e. The fraction of sp³-hybridized carbons (Fsp3) is 0.308. The maximum absolute atomic E-state index is 11.3. The molecule has 0 aliphatic heterocycles. The van der Waals surface area contributed by atoms with Crippen LogP contribution in [0.2, 0.25) is 0 Å². The number of carbonyl (C=O) groups excluding carboxylic acids is 1. The van der Waals surface area contributed by atoms with Gasteiger partial charge in [0, 0.05) is 5.57 Å². The molecule has 0 saturated carbocycles. The number of rotatable bonds is 3. The Kier molecular flexibility index (Phi) is 3.53. The van der Waals surface area contributed by atoms with E-state index in [4.69, 9.17) is 9.47 Å². The number of fused-ring (bicyclic) bond motifs is 1. The van der Waals surface area contributed by atoms with E-state index in [1.807, 2.05) is 12.1 Å². The molecule has 1 aromatic rings. The molecule has 1 aromatic carbocycles. The fourth-order valence-corrected chi connectivity index (χ4v) is 2.06. The van der Waals surface area contributed by atoms with Crippen LogP contribution in [-0.2, 0) is 11.2 Å². The molecule has 1 N–H and O–H groups in total. The average Bonchev–Trinajstić information content (AvgIpc) is 2.44. The second-order valence-electron chi connectivity index (χ2n) is 4.01. The number of amides is 1. The fourth-order valence-electron chi connectivity index (χ4n) is 2.06. The number of ether oxygens (including phenoxy) is 2. The van der Waals surface area contributed by atoms with Crippen LogP contribution in [0.15, 0.2) is 17.7 Å². The van der Waals surface area contributed by atoms with E-state index in [1.54, 1.807) is 20.3 Å². The van der Waals surface area contributed by atoms with Gasteiger partial charge in [-0.3, -0.25) is 4.79 Å². The minimum Gasteiger partial charge on any atom is -0.759 e. The van der Waals surface area contributed by atoms with Crippen molar-refractivity contribution in [2.24, 2.45) is 0 Å². The zero-order valence-corrected chi connectivity index (χ0v) is 10.3. The highest BCUT2D eigenvalue weighted by molar-refractivity contribution is 5.98. The Morgan fingerprint density at radius 1 is 1.22 bits per heavy atom. The molecule has 0 spiro atoms. The van der Waals surface area contributed by atoms with Crippen molar-refractivity contribution in [2.45, 2.75) is 12.8 Å². The van der Waals surface area contributed by atoms with Gasteiger partial charge in [-0.15, -0.1) is 0 Å². The summed E-state index contributed by atoms with van der Waals surface area (Å²) in [6, 6.07) is 3.71. The standard InChI is InChI=1S/C13H14NO4/c1-17-11-6-8-3-4-9(13(15)14-16)5-10(8)7-12(11)18-2/h5-7H,3-4H2,1-2H3,(H-,14,15,16)/q-1. The number of hydrogen-bond donors (Lipinski definition) is 1. The van der Waals surface area contributed by atoms with Gasteiger partial charge in [0.15, 0.2) is 11.5 Å². The van der Waals surface area contributed by atoms with Gasteiger partial charge in [-0.2, -0.15) is 0 Å². The van der Waals surface area contributed by atoms with Crippen LogP contribution in [0.5, 0.6) is 11.5 Å². The first-order valence-electron chi connectivity index (χ1n) is 5.57. The van der Waals surface area contributed by atoms with Crippen molar-refractivity contribution in [1.29, 1.82) is 0 Å². The van der Waals surface area contributed by atoms with Crippen LogP contribution in [0.1, 0.15) is 17.5 Å². The number of nitrogens with one attached hydrogen (secondary N) is 1. The van der Waals surface area contributed by atoms with Crippen LogP contribution < -0.4 is 15.0 Å². The highest BCUT2D eigenvalue weighted by Crippen LogP contribution is 2.34. The van der Waals surface area contributed by atoms with Gasteiger partial charge in [-0.1, -0.05) is 0 Å². The van der Waals surface area contributed by atoms with E-state index < -0.39 is 5.91 Å². The molecule has 0 fully saturated rings. The third-order valence-electron chi connectivity index (χ3n) is 3.02. The average molecular weight is 248 g/mol. The van der Waals surface area contributed by atoms with Crippen LogP contribution in [0.3, 0.4) is 0 Å². The van der Waals surface area contributed by atoms with Gasteiger partial charge >= 0.3 is 0 Å². The molecule has 0 saturated heterocycles. The maximum Gasteiger partial charge on any atom is 0.236 e. The summed E-state index contributed by atoms with van der Waals surface area (Å²) >= 11 is 0. The summed E-state index contributed by atoms with van der Waals surface area (Å²) < 4.78 is 10.4. The predicted molar refractivity (Wildman–Crippen MR) is 67.4 cm³/mol. The third-order valence-corrected chi connectivity index (χ3v) is 3.02. The minimum absolute atomic E-state index is 0.490. The molecule has 0 atom stereocenters. The zero-order chi connectivity index (χ0) is 13.1. The molecule has 96 valence electrons. The minimum atomic E-state index is -0.574. The monoisotopic (exact) mass is 248 g/mol. The summed E-state index contributed by atoms with van der Waals surface area (Å²) in [6.07, 6.45) is 2.97. The van der Waals surface area contributed by atoms with Crippen LogP contribution in [0.25, 0.3) is 6.08 Å². The first kappa shape index (κ1) is 12.4. The molecule has 0 unspecified atom stereocenters. The SMILES string of the molecule is COc1cc2c(cc1OC)CCC(C(=O)N[O-])=C2. The summed E-state index contributed by atoms with van der Waals surface area (Å²) in [5.41, 5.74) is 3.86. The van der Waals surface area contributed by atoms with Crippen LogP contribution in [0.4, 0.5) is 0 Å². The third kappa shape index (κ3) is 2.17. The highest BCUT2D eigenvalue weighted by Gasteiger charge is 2.17. The summed E-state index contributed by atoms with van der Waals surface area (Å²) in [4.78, 5) is 11.3. The Labute approximate surface area is 105 Å². The molecule has 1 aliphatic rings. The van der Waals surface area contributed by atoms with Crippen molar-refractivity contribution in [1.82, 2.24) is 5.48 Å². The van der Waals surface area contributed by atoms with Crippen molar-refractivity contribution in [3.8, 4) is 11.5 Å². The number of methoxy groups -OCH3 is 2. The Morgan fingerprint density at radius 2 is 1.89 bits per heavy atom. The predicted octanol–water partition coefficient (Wildman–Crippen LogP) is 1.65. The largest absolute Gasteiger partial charge is 0.759 e. The molecule has 5 nitrogen and oxygen atoms in total. The molecular formula is C13H14NO4-. The second-order valence-corrected chi connectivity index (χ2v) is 4.01. The Bertz CT molecular complexity index is 508. The highest BCUT2D eigenvalue weighted by atomic mass is 16.5. The van der Waals surface area contributed by atoms with Gasteiger partial charge in [0.2, 0.25) is 5.91 Å². The van der Waals surface area contributed by atoms with Gasteiger partial charge in [0.25, 0.3) is 0 Å². The Morgan fingerprint density at radius 3 is 2.50 bits per heavy atom. The maximum atomic E-state index is 11.3. The summed E-state index contributed by atoms with van der Waals surface area (Å²) in [5.74, 6) is 0.702. The first-order valence-corrected chi connectivity index (χ1v) is 5.57. The van der Waals surface area contributed by atoms with Crippen molar-refractivity contribution >= 4 is 12.0 Å². The van der Waals surface area contributed by atoms with E-state index in [-0.39, 0.29) is 0 Å². The lowest BCUT2D eigenvalue weighted by Crippen LogP contribution is -2.20. The van der Waals surface area contributed by atoms with E-state index in [9.17, 15) is 10.0 Å². The molecule has 0 aromatic heterocycles. The number of aryl methyl sites for hydroxylation is 1. The molecule has 5 heteroatoms. The number of carbonyl (C=O) groups is 1. The van der Waals surface area contributed by atoms with Gasteiger partial charge in [0.1, 0.15) is 0 Å². The molecular weight excluding hydrogens is 234 g/mol. The molecule has 1 aliphatic carbocycles. The van der Waals surface area contributed by atoms with E-state index in [2.05, 4.69) is 0 Å². The number of hydroxylamine groups is 1. The van der Waals surface area contributed by atoms with Gasteiger partial charge < -0.3 is 20.2 Å². The van der Waals surface area contributed by atoms with Crippen molar-refractivity contribution in [3.05, 3.63) is 34.0 Å². The van der Waals surface area contributed by atoms with Crippen molar-refractivity contribution in [3.63, 3.8) is 0 Å². The topological polar surface area (TPSA) is 70.6 Å². The number of benzene rings is 1. The lowest BCUT2D eigenvalue weighted by atomic mass is 9.91. The van der Waals surface area contributed by atoms with Gasteiger partial charge in [-0.05, 0) is 42.2 Å². The van der Waals surface area contributed by atoms with E-state index in [1.165, 1.54) is 5.48 Å². The van der Waals surface area contributed by atoms with E-state index in [0.29, 0.717) is 29.9 Å². The van der Waals surface area contributed by atoms with Crippen LogP contribution >= 0.6 is 0 Å². The summed E-state index contributed by atoms with van der Waals surface area (Å²) in [5, 5.41) is 10.4. The first-order chi connectivity index (χ1) is 8.69. The molecule has 0 bridgehead atoms. The molecule has 1 amide bonds. The van der Waals surface area contributed by atoms with Crippen molar-refractivity contribution < 1.29 is 14.3 Å². The van der Waals surface area contributed by atoms with E-state index in [0.717, 1.165) is 11.1 Å². The summed E-state index contributed by atoms with van der Waals surface area (Å²) in [7, 11) is 3.14. The molecule has 0 heterocycles. The van der Waals surface area contributed by atoms with Crippen molar-refractivity contribution in [2.75, 3.05) is 14.2 Å². The second kappa shape index (κ2) is 5.10. The lowest BCUT2D eigenvalue weighted by molar-refractivity contribution is -0.116. The van der Waals surface area contributed by atoms with Gasteiger partial charge in [-0.25, -0.2) is 0 Å². The Balaban J connectivity index is 2.44. The normalized spacial score (nSPS) is 13.4. The quantitative estimate of drug-likeness (QED) is 0.825. The lowest BCUT2D eigenvalue weighted by Gasteiger charge is -2.19. The van der Waals surface area contributed by atoms with E-state index >= 15 is 0 Å². The molecule has 18 heavy (non-hydrogen) atoms. The zero-order valence-electron chi connectivity index (χ0n) is 10.3. The summed E-state index contributed by atoms with van der Waals surface area (Å²) in [6.45, 7) is 0. The van der Waals surface area contributed by atoms with Gasteiger partial charge in [0.05, 0.1) is 14.2 Å². The molecule has 0 radical (unpaired) electrons. The number of hydrogen-bond acceptors (Lipinski definition) is 4. The van der Waals surface area contributed by atoms with Crippen LogP contribution in [0, 0.1) is 5.21 Å². The van der Waals surface area contributed by atoms with Crippen LogP contribution in [-0.4, -0.2) is 20.1 Å². The Hall–Kier alpha value is -2.01.